The van der Waals surface area contributed by atoms with Gasteiger partial charge in [-0.1, -0.05) is 0 Å². The summed E-state index contributed by atoms with van der Waals surface area (Å²) in [6.45, 7) is 0.474. The molecule has 1 saturated heterocycles. The molecule has 0 bridgehead atoms. The number of furan rings is 1. The van der Waals surface area contributed by atoms with E-state index >= 15 is 0 Å². The minimum atomic E-state index is -2.83. The van der Waals surface area contributed by atoms with Crippen LogP contribution >= 0.6 is 0 Å². The van der Waals surface area contributed by atoms with Gasteiger partial charge in [0, 0.05) is 6.04 Å². The minimum absolute atomic E-state index is 0.172. The maximum Gasteiger partial charge on any atom is 0.373 e. The molecule has 19 heavy (non-hydrogen) atoms. The van der Waals surface area contributed by atoms with Crippen LogP contribution in [0.2, 0.25) is 0 Å². The lowest BCUT2D eigenvalue weighted by atomic mass is 10.1. The summed E-state index contributed by atoms with van der Waals surface area (Å²) in [4.78, 5) is 11.2. The van der Waals surface area contributed by atoms with Gasteiger partial charge in [-0.3, -0.25) is 0 Å². The average molecular weight is 287 g/mol. The van der Waals surface area contributed by atoms with Crippen LogP contribution in [0.15, 0.2) is 16.5 Å². The Kier molecular flexibility index (Phi) is 4.26. The van der Waals surface area contributed by atoms with Crippen molar-refractivity contribution in [3.63, 3.8) is 0 Å². The molecular weight excluding hydrogens is 270 g/mol. The van der Waals surface area contributed by atoms with Crippen molar-refractivity contribution >= 4 is 15.8 Å². The monoisotopic (exact) mass is 287 g/mol. The largest absolute Gasteiger partial charge is 0.463 e. The van der Waals surface area contributed by atoms with Gasteiger partial charge in [-0.15, -0.1) is 0 Å². The number of rotatable bonds is 4. The van der Waals surface area contributed by atoms with Gasteiger partial charge < -0.3 is 14.5 Å². The molecule has 2 heterocycles. The highest BCUT2D eigenvalue weighted by molar-refractivity contribution is 7.91. The van der Waals surface area contributed by atoms with Crippen molar-refractivity contribution < 1.29 is 22.4 Å². The molecule has 1 aliphatic heterocycles. The van der Waals surface area contributed by atoms with E-state index in [0.717, 1.165) is 0 Å². The zero-order chi connectivity index (χ0) is 13.9. The van der Waals surface area contributed by atoms with Gasteiger partial charge in [-0.05, 0) is 25.0 Å². The second-order valence-electron chi connectivity index (χ2n) is 4.56. The summed E-state index contributed by atoms with van der Waals surface area (Å²) in [6.07, 6.45) is 1.24. The molecule has 0 spiro atoms. The number of methoxy groups -OCH3 is 1. The maximum absolute atomic E-state index is 11.3. The molecule has 0 aliphatic carbocycles. The Labute approximate surface area is 112 Å². The molecule has 1 aromatic heterocycles. The first-order chi connectivity index (χ1) is 9.00. The van der Waals surface area contributed by atoms with Crippen molar-refractivity contribution in [2.75, 3.05) is 18.6 Å². The Bertz CT molecular complexity index is 534. The Morgan fingerprint density at radius 1 is 1.42 bits per heavy atom. The van der Waals surface area contributed by atoms with Crippen LogP contribution in [0.4, 0.5) is 0 Å². The predicted molar refractivity (Wildman–Crippen MR) is 68.6 cm³/mol. The highest BCUT2D eigenvalue weighted by Gasteiger charge is 2.23. The summed E-state index contributed by atoms with van der Waals surface area (Å²) in [6, 6.07) is 3.45. The maximum atomic E-state index is 11.3. The fraction of sp³-hybridized carbons (Fsp3) is 0.583. The van der Waals surface area contributed by atoms with Crippen LogP contribution in [-0.2, 0) is 21.1 Å². The van der Waals surface area contributed by atoms with Crippen LogP contribution in [0.5, 0.6) is 0 Å². The van der Waals surface area contributed by atoms with Gasteiger partial charge in [0.1, 0.15) is 15.6 Å². The quantitative estimate of drug-likeness (QED) is 0.822. The standard InChI is InChI=1S/C12H17NO5S/c1-17-12(14)11-3-2-10(18-11)8-13-9-4-6-19(15,16)7-5-9/h2-3,9,13H,4-8H2,1H3. The van der Waals surface area contributed by atoms with E-state index in [1.165, 1.54) is 7.11 Å². The molecule has 1 aromatic rings. The van der Waals surface area contributed by atoms with Crippen molar-refractivity contribution in [2.24, 2.45) is 0 Å². The summed E-state index contributed by atoms with van der Waals surface area (Å²) in [5.41, 5.74) is 0. The molecule has 1 fully saturated rings. The second-order valence-corrected chi connectivity index (χ2v) is 6.87. The van der Waals surface area contributed by atoms with E-state index < -0.39 is 15.8 Å². The zero-order valence-corrected chi connectivity index (χ0v) is 11.5. The smallest absolute Gasteiger partial charge is 0.373 e. The predicted octanol–water partition coefficient (Wildman–Crippen LogP) is 0.733. The molecule has 0 atom stereocenters. The van der Waals surface area contributed by atoms with Crippen LogP contribution in [0.3, 0.4) is 0 Å². The number of hydrogen-bond acceptors (Lipinski definition) is 6. The summed E-state index contributed by atoms with van der Waals surface area (Å²) in [5.74, 6) is 0.765. The van der Waals surface area contributed by atoms with Crippen molar-refractivity contribution in [3.8, 4) is 0 Å². The summed E-state index contributed by atoms with van der Waals surface area (Å²) in [5, 5.41) is 3.24. The number of carbonyl (C=O) groups is 1. The third-order valence-electron chi connectivity index (χ3n) is 3.17. The lowest BCUT2D eigenvalue weighted by Crippen LogP contribution is -2.37. The molecule has 6 nitrogen and oxygen atoms in total. The van der Waals surface area contributed by atoms with E-state index in [0.29, 0.717) is 25.1 Å². The zero-order valence-electron chi connectivity index (χ0n) is 10.7. The Morgan fingerprint density at radius 3 is 2.74 bits per heavy atom. The lowest BCUT2D eigenvalue weighted by Gasteiger charge is -2.22. The molecule has 7 heteroatoms. The topological polar surface area (TPSA) is 85.6 Å². The number of esters is 1. The number of nitrogens with one attached hydrogen (secondary N) is 1. The van der Waals surface area contributed by atoms with E-state index in [9.17, 15) is 13.2 Å². The fourth-order valence-corrected chi connectivity index (χ4v) is 3.51. The summed E-state index contributed by atoms with van der Waals surface area (Å²) < 4.78 is 32.4. The molecule has 1 aliphatic rings. The highest BCUT2D eigenvalue weighted by Crippen LogP contribution is 2.14. The van der Waals surface area contributed by atoms with Gasteiger partial charge in [-0.2, -0.15) is 0 Å². The molecule has 106 valence electrons. The van der Waals surface area contributed by atoms with Crippen LogP contribution in [0, 0.1) is 0 Å². The first-order valence-corrected chi connectivity index (χ1v) is 7.93. The molecule has 2 rings (SSSR count). The number of sulfone groups is 1. The first kappa shape index (κ1) is 14.1. The molecule has 0 unspecified atom stereocenters. The van der Waals surface area contributed by atoms with E-state index in [1.807, 2.05) is 0 Å². The lowest BCUT2D eigenvalue weighted by molar-refractivity contribution is 0.0562. The second kappa shape index (κ2) is 5.75. The fourth-order valence-electron chi connectivity index (χ4n) is 2.02. The van der Waals surface area contributed by atoms with Gasteiger partial charge in [0.25, 0.3) is 0 Å². The van der Waals surface area contributed by atoms with Gasteiger partial charge >= 0.3 is 5.97 Å². The van der Waals surface area contributed by atoms with Gasteiger partial charge in [0.05, 0.1) is 25.2 Å². The molecule has 0 aromatic carbocycles. The molecular formula is C12H17NO5S. The number of ether oxygens (including phenoxy) is 1. The van der Waals surface area contributed by atoms with Gasteiger partial charge in [-0.25, -0.2) is 13.2 Å². The van der Waals surface area contributed by atoms with Crippen molar-refractivity contribution in [2.45, 2.75) is 25.4 Å². The van der Waals surface area contributed by atoms with Gasteiger partial charge in [0.15, 0.2) is 0 Å². The van der Waals surface area contributed by atoms with Crippen LogP contribution in [0.1, 0.15) is 29.2 Å². The Hall–Kier alpha value is -1.34. The number of hydrogen-bond donors (Lipinski definition) is 1. The van der Waals surface area contributed by atoms with Gasteiger partial charge in [0.2, 0.25) is 5.76 Å². The third kappa shape index (κ3) is 3.81. The molecule has 0 amide bonds. The van der Waals surface area contributed by atoms with E-state index in [1.54, 1.807) is 12.1 Å². The normalized spacial score (nSPS) is 19.2. The van der Waals surface area contributed by atoms with Crippen molar-refractivity contribution in [3.05, 3.63) is 23.7 Å². The van der Waals surface area contributed by atoms with Crippen molar-refractivity contribution in [1.82, 2.24) is 5.32 Å². The van der Waals surface area contributed by atoms with E-state index in [4.69, 9.17) is 4.42 Å². The van der Waals surface area contributed by atoms with Crippen LogP contribution in [-0.4, -0.2) is 39.0 Å². The SMILES string of the molecule is COC(=O)c1ccc(CNC2CCS(=O)(=O)CC2)o1. The summed E-state index contributed by atoms with van der Waals surface area (Å²) in [7, 11) is -1.54. The van der Waals surface area contributed by atoms with E-state index in [-0.39, 0.29) is 23.3 Å². The summed E-state index contributed by atoms with van der Waals surface area (Å²) >= 11 is 0. The molecule has 1 N–H and O–H groups in total. The average Bonchev–Trinajstić information content (AvgIpc) is 2.85. The number of carbonyl (C=O) groups excluding carboxylic acids is 1. The van der Waals surface area contributed by atoms with Crippen LogP contribution < -0.4 is 5.32 Å². The molecule has 0 saturated carbocycles. The Balaban J connectivity index is 1.83. The molecule has 0 radical (unpaired) electrons. The van der Waals surface area contributed by atoms with E-state index in [2.05, 4.69) is 10.1 Å². The first-order valence-electron chi connectivity index (χ1n) is 6.11. The third-order valence-corrected chi connectivity index (χ3v) is 4.88. The minimum Gasteiger partial charge on any atom is -0.463 e. The Morgan fingerprint density at radius 2 is 2.11 bits per heavy atom. The van der Waals surface area contributed by atoms with Crippen molar-refractivity contribution in [1.29, 1.82) is 0 Å². The highest BCUT2D eigenvalue weighted by atomic mass is 32.2. The van der Waals surface area contributed by atoms with Crippen LogP contribution in [0.25, 0.3) is 0 Å².